The summed E-state index contributed by atoms with van der Waals surface area (Å²) in [6.07, 6.45) is 1.59. The predicted octanol–water partition coefficient (Wildman–Crippen LogP) is 2.74. The quantitative estimate of drug-likeness (QED) is 0.764. The SMILES string of the molecule is COCCCOc1ncc(F)c(NC(=O)Nc2ccsc2)n1. The Balaban J connectivity index is 1.93. The highest BCUT2D eigenvalue weighted by Crippen LogP contribution is 2.15. The number of hydrogen-bond acceptors (Lipinski definition) is 6. The summed E-state index contributed by atoms with van der Waals surface area (Å²) in [5, 5.41) is 8.43. The molecule has 2 aromatic heterocycles. The maximum Gasteiger partial charge on any atom is 0.324 e. The molecule has 2 N–H and O–H groups in total. The zero-order valence-corrected chi connectivity index (χ0v) is 12.7. The minimum atomic E-state index is -0.746. The molecular weight excluding hydrogens is 311 g/mol. The van der Waals surface area contributed by atoms with Gasteiger partial charge in [0.25, 0.3) is 0 Å². The van der Waals surface area contributed by atoms with Crippen molar-refractivity contribution in [3.05, 3.63) is 28.8 Å². The maximum absolute atomic E-state index is 13.6. The second kappa shape index (κ2) is 8.25. The number of anilines is 2. The molecule has 2 aromatic rings. The van der Waals surface area contributed by atoms with Crippen molar-refractivity contribution in [3.63, 3.8) is 0 Å². The predicted molar refractivity (Wildman–Crippen MR) is 80.9 cm³/mol. The van der Waals surface area contributed by atoms with Crippen molar-refractivity contribution >= 4 is 28.9 Å². The van der Waals surface area contributed by atoms with Gasteiger partial charge in [-0.1, -0.05) is 0 Å². The van der Waals surface area contributed by atoms with Crippen molar-refractivity contribution in [2.75, 3.05) is 31.0 Å². The Hall–Kier alpha value is -2.26. The van der Waals surface area contributed by atoms with Gasteiger partial charge >= 0.3 is 12.0 Å². The second-order valence-electron chi connectivity index (χ2n) is 4.14. The number of carbonyl (C=O) groups excluding carboxylic acids is 1. The fourth-order valence-corrected chi connectivity index (χ4v) is 2.07. The van der Waals surface area contributed by atoms with Crippen LogP contribution in [0.5, 0.6) is 6.01 Å². The van der Waals surface area contributed by atoms with Gasteiger partial charge in [0.15, 0.2) is 11.6 Å². The number of urea groups is 1. The number of amides is 2. The summed E-state index contributed by atoms with van der Waals surface area (Å²) in [5.74, 6) is -0.991. The summed E-state index contributed by atoms with van der Waals surface area (Å²) in [5.41, 5.74) is 0.619. The van der Waals surface area contributed by atoms with Crippen molar-refractivity contribution in [3.8, 4) is 6.01 Å². The van der Waals surface area contributed by atoms with Crippen LogP contribution in [0, 0.1) is 5.82 Å². The number of carbonyl (C=O) groups is 1. The molecule has 0 fully saturated rings. The van der Waals surface area contributed by atoms with Gasteiger partial charge in [0.1, 0.15) is 0 Å². The Kier molecular flexibility index (Phi) is 6.04. The average molecular weight is 326 g/mol. The molecule has 0 saturated carbocycles. The van der Waals surface area contributed by atoms with E-state index < -0.39 is 11.8 Å². The van der Waals surface area contributed by atoms with Crippen LogP contribution in [0.15, 0.2) is 23.0 Å². The van der Waals surface area contributed by atoms with Crippen LogP contribution in [0.2, 0.25) is 0 Å². The first kappa shape index (κ1) is 16.1. The van der Waals surface area contributed by atoms with Gasteiger partial charge in [-0.05, 0) is 11.4 Å². The van der Waals surface area contributed by atoms with Crippen LogP contribution < -0.4 is 15.4 Å². The molecule has 118 valence electrons. The number of methoxy groups -OCH3 is 1. The Morgan fingerprint density at radius 2 is 2.27 bits per heavy atom. The third kappa shape index (κ3) is 4.93. The molecule has 7 nitrogen and oxygen atoms in total. The molecule has 2 rings (SSSR count). The molecule has 2 amide bonds. The number of nitrogens with one attached hydrogen (secondary N) is 2. The summed E-state index contributed by atoms with van der Waals surface area (Å²) in [7, 11) is 1.59. The molecule has 0 aliphatic heterocycles. The number of rotatable bonds is 7. The van der Waals surface area contributed by atoms with E-state index in [4.69, 9.17) is 9.47 Å². The van der Waals surface area contributed by atoms with E-state index in [9.17, 15) is 9.18 Å². The number of nitrogens with zero attached hydrogens (tertiary/aromatic N) is 2. The fourth-order valence-electron chi connectivity index (χ4n) is 1.48. The molecule has 22 heavy (non-hydrogen) atoms. The van der Waals surface area contributed by atoms with E-state index in [1.165, 1.54) is 11.3 Å². The lowest BCUT2D eigenvalue weighted by molar-refractivity contribution is 0.168. The highest BCUT2D eigenvalue weighted by molar-refractivity contribution is 7.08. The Morgan fingerprint density at radius 3 is 3.00 bits per heavy atom. The smallest absolute Gasteiger partial charge is 0.324 e. The lowest BCUT2D eigenvalue weighted by atomic mass is 10.5. The van der Waals surface area contributed by atoms with Gasteiger partial charge in [-0.15, -0.1) is 0 Å². The van der Waals surface area contributed by atoms with Crippen LogP contribution in [0.1, 0.15) is 6.42 Å². The molecular formula is C13H15FN4O3S. The highest BCUT2D eigenvalue weighted by atomic mass is 32.1. The largest absolute Gasteiger partial charge is 0.463 e. The maximum atomic E-state index is 13.6. The van der Waals surface area contributed by atoms with Crippen LogP contribution in [0.3, 0.4) is 0 Å². The zero-order valence-electron chi connectivity index (χ0n) is 11.8. The van der Waals surface area contributed by atoms with Gasteiger partial charge in [-0.2, -0.15) is 16.3 Å². The van der Waals surface area contributed by atoms with Crippen molar-refractivity contribution in [1.29, 1.82) is 0 Å². The normalized spacial score (nSPS) is 10.3. The summed E-state index contributed by atoms with van der Waals surface area (Å²) in [6, 6.07) is 1.12. The summed E-state index contributed by atoms with van der Waals surface area (Å²) in [4.78, 5) is 19.3. The van der Waals surface area contributed by atoms with Crippen molar-refractivity contribution in [1.82, 2.24) is 9.97 Å². The van der Waals surface area contributed by atoms with E-state index >= 15 is 0 Å². The van der Waals surface area contributed by atoms with Gasteiger partial charge in [0.2, 0.25) is 0 Å². The molecule has 0 unspecified atom stereocenters. The number of thiophene rings is 1. The van der Waals surface area contributed by atoms with Gasteiger partial charge in [-0.25, -0.2) is 14.2 Å². The fraction of sp³-hybridized carbons (Fsp3) is 0.308. The van der Waals surface area contributed by atoms with Crippen LogP contribution in [-0.4, -0.2) is 36.3 Å². The average Bonchev–Trinajstić information content (AvgIpc) is 2.99. The molecule has 0 saturated heterocycles. The van der Waals surface area contributed by atoms with Crippen molar-refractivity contribution < 1.29 is 18.7 Å². The van der Waals surface area contributed by atoms with Crippen LogP contribution in [0.25, 0.3) is 0 Å². The molecule has 0 atom stereocenters. The summed E-state index contributed by atoms with van der Waals surface area (Å²) < 4.78 is 23.7. The molecule has 0 aliphatic rings. The lowest BCUT2D eigenvalue weighted by Crippen LogP contribution is -2.21. The van der Waals surface area contributed by atoms with Crippen LogP contribution in [0.4, 0.5) is 20.7 Å². The Labute approximate surface area is 130 Å². The molecule has 0 spiro atoms. The van der Waals surface area contributed by atoms with E-state index in [-0.39, 0.29) is 11.8 Å². The van der Waals surface area contributed by atoms with E-state index in [1.54, 1.807) is 18.6 Å². The van der Waals surface area contributed by atoms with E-state index in [0.717, 1.165) is 6.20 Å². The molecule has 2 heterocycles. The first-order valence-corrected chi connectivity index (χ1v) is 7.38. The summed E-state index contributed by atoms with van der Waals surface area (Å²) in [6.45, 7) is 0.870. The van der Waals surface area contributed by atoms with Gasteiger partial charge in [0, 0.05) is 25.5 Å². The number of halogens is 1. The molecule has 0 aromatic carbocycles. The molecule has 9 heteroatoms. The van der Waals surface area contributed by atoms with Gasteiger partial charge < -0.3 is 14.8 Å². The minimum Gasteiger partial charge on any atom is -0.463 e. The zero-order chi connectivity index (χ0) is 15.8. The van der Waals surface area contributed by atoms with Crippen LogP contribution in [-0.2, 0) is 4.74 Å². The third-order valence-electron chi connectivity index (χ3n) is 2.46. The summed E-state index contributed by atoms with van der Waals surface area (Å²) >= 11 is 1.43. The lowest BCUT2D eigenvalue weighted by Gasteiger charge is -2.08. The first-order chi connectivity index (χ1) is 10.7. The Bertz CT molecular complexity index is 609. The first-order valence-electron chi connectivity index (χ1n) is 6.43. The topological polar surface area (TPSA) is 85.4 Å². The van der Waals surface area contributed by atoms with Gasteiger partial charge in [-0.3, -0.25) is 5.32 Å². The molecule has 0 radical (unpaired) electrons. The van der Waals surface area contributed by atoms with Gasteiger partial charge in [0.05, 0.1) is 18.5 Å². The molecule has 0 aliphatic carbocycles. The minimum absolute atomic E-state index is 0.0108. The van der Waals surface area contributed by atoms with Crippen LogP contribution >= 0.6 is 11.3 Å². The number of ether oxygens (including phenoxy) is 2. The second-order valence-corrected chi connectivity index (χ2v) is 4.92. The van der Waals surface area contributed by atoms with Crippen molar-refractivity contribution in [2.24, 2.45) is 0 Å². The van der Waals surface area contributed by atoms with E-state index in [0.29, 0.717) is 25.3 Å². The highest BCUT2D eigenvalue weighted by Gasteiger charge is 2.11. The monoisotopic (exact) mass is 326 g/mol. The standard InChI is InChI=1S/C13H15FN4O3S/c1-20-4-2-5-21-13-15-7-10(14)11(18-13)17-12(19)16-9-3-6-22-8-9/h3,6-8H,2,4-5H2,1H3,(H2,15,16,17,18,19). The number of aromatic nitrogens is 2. The Morgan fingerprint density at radius 1 is 1.41 bits per heavy atom. The third-order valence-corrected chi connectivity index (χ3v) is 3.14. The van der Waals surface area contributed by atoms with E-state index in [2.05, 4.69) is 20.6 Å². The van der Waals surface area contributed by atoms with E-state index in [1.807, 2.05) is 5.38 Å². The molecule has 0 bridgehead atoms. The number of hydrogen-bond donors (Lipinski definition) is 2. The van der Waals surface area contributed by atoms with Crippen molar-refractivity contribution in [2.45, 2.75) is 6.42 Å².